The molecule has 2 aliphatic heterocycles. The number of rotatable bonds is 15. The number of aliphatic hydroxyl groups excluding tert-OH is 1. The molecule has 3 aromatic carbocycles. The van der Waals surface area contributed by atoms with Gasteiger partial charge < -0.3 is 24.6 Å². The van der Waals surface area contributed by atoms with Gasteiger partial charge in [-0.2, -0.15) is 0 Å². The maximum Gasteiger partial charge on any atom is 0.252 e. The molecule has 14 heteroatoms. The number of nitrogens with one attached hydrogen (secondary N) is 1. The summed E-state index contributed by atoms with van der Waals surface area (Å²) in [6.45, 7) is 4.34. The zero-order valence-corrected chi connectivity index (χ0v) is 25.9. The monoisotopic (exact) mass is 639 g/mol. The SMILES string of the molecule is [N-]=[N+]=NCc1ccccc1C[C@]1(C(=O)NCCN2CCOCC2)N=C(c2ccc(OCCCO)cc2)O[C@H]1c1ccccc1N=[N+]=[N-]. The zero-order chi connectivity index (χ0) is 32.9. The summed E-state index contributed by atoms with van der Waals surface area (Å²) in [4.78, 5) is 27.9. The van der Waals surface area contributed by atoms with Crippen molar-refractivity contribution in [1.29, 1.82) is 0 Å². The van der Waals surface area contributed by atoms with Crippen LogP contribution in [0.15, 0.2) is 88.0 Å². The van der Waals surface area contributed by atoms with Gasteiger partial charge in [0.1, 0.15) is 5.75 Å². The highest BCUT2D eigenvalue weighted by molar-refractivity contribution is 6.01. The molecule has 5 rings (SSSR count). The number of aliphatic imine (C=N–C) groups is 1. The first-order valence-corrected chi connectivity index (χ1v) is 15.5. The maximum absolute atomic E-state index is 14.6. The second kappa shape index (κ2) is 16.5. The molecule has 2 aliphatic rings. The van der Waals surface area contributed by atoms with Crippen molar-refractivity contribution >= 4 is 17.5 Å². The van der Waals surface area contributed by atoms with E-state index in [4.69, 9.17) is 29.8 Å². The van der Waals surface area contributed by atoms with Crippen LogP contribution in [0.2, 0.25) is 0 Å². The van der Waals surface area contributed by atoms with E-state index in [9.17, 15) is 10.3 Å². The minimum atomic E-state index is -1.54. The van der Waals surface area contributed by atoms with Gasteiger partial charge in [0.25, 0.3) is 5.91 Å². The molecule has 0 bridgehead atoms. The molecule has 47 heavy (non-hydrogen) atoms. The van der Waals surface area contributed by atoms with Crippen molar-refractivity contribution in [2.24, 2.45) is 15.2 Å². The molecule has 0 unspecified atom stereocenters. The van der Waals surface area contributed by atoms with E-state index in [0.29, 0.717) is 61.9 Å². The van der Waals surface area contributed by atoms with Gasteiger partial charge in [0, 0.05) is 72.3 Å². The van der Waals surface area contributed by atoms with Crippen molar-refractivity contribution in [2.45, 2.75) is 31.0 Å². The lowest BCUT2D eigenvalue weighted by Crippen LogP contribution is -2.52. The number of aliphatic hydroxyl groups is 1. The van der Waals surface area contributed by atoms with E-state index in [1.54, 1.807) is 48.5 Å². The van der Waals surface area contributed by atoms with Gasteiger partial charge in [-0.1, -0.05) is 58.8 Å². The Labute approximate surface area is 272 Å². The van der Waals surface area contributed by atoms with Gasteiger partial charge in [-0.05, 0) is 46.5 Å². The second-order valence-corrected chi connectivity index (χ2v) is 11.1. The highest BCUT2D eigenvalue weighted by Gasteiger charge is 2.54. The Morgan fingerprint density at radius 2 is 1.79 bits per heavy atom. The van der Waals surface area contributed by atoms with Crippen LogP contribution in [0.5, 0.6) is 5.75 Å². The minimum Gasteiger partial charge on any atom is -0.494 e. The number of hydrogen-bond donors (Lipinski definition) is 2. The van der Waals surface area contributed by atoms with Gasteiger partial charge in [0.2, 0.25) is 5.90 Å². The molecule has 3 aromatic rings. The second-order valence-electron chi connectivity index (χ2n) is 11.1. The Morgan fingerprint density at radius 1 is 1.04 bits per heavy atom. The normalized spacial score (nSPS) is 19.1. The Kier molecular flexibility index (Phi) is 11.6. The minimum absolute atomic E-state index is 0.0318. The fourth-order valence-electron chi connectivity index (χ4n) is 5.70. The lowest BCUT2D eigenvalue weighted by Gasteiger charge is -2.32. The van der Waals surface area contributed by atoms with Gasteiger partial charge in [-0.25, -0.2) is 4.99 Å². The molecule has 1 saturated heterocycles. The van der Waals surface area contributed by atoms with Crippen molar-refractivity contribution in [2.75, 3.05) is 52.6 Å². The molecule has 0 radical (unpaired) electrons. The fourth-order valence-corrected chi connectivity index (χ4v) is 5.70. The molecule has 2 atom stereocenters. The van der Waals surface area contributed by atoms with E-state index < -0.39 is 11.6 Å². The summed E-state index contributed by atoms with van der Waals surface area (Å²) in [5, 5.41) is 19.9. The lowest BCUT2D eigenvalue weighted by atomic mass is 9.80. The highest BCUT2D eigenvalue weighted by atomic mass is 16.5. The molecule has 0 aromatic heterocycles. The topological polar surface area (TPSA) is 190 Å². The molecule has 244 valence electrons. The summed E-state index contributed by atoms with van der Waals surface area (Å²) in [5.41, 5.74) is 19.8. The van der Waals surface area contributed by atoms with E-state index in [0.717, 1.165) is 24.2 Å². The van der Waals surface area contributed by atoms with E-state index in [2.05, 4.69) is 30.3 Å². The smallest absolute Gasteiger partial charge is 0.252 e. The van der Waals surface area contributed by atoms with Crippen LogP contribution < -0.4 is 10.1 Å². The summed E-state index contributed by atoms with van der Waals surface area (Å²) >= 11 is 0. The largest absolute Gasteiger partial charge is 0.494 e. The van der Waals surface area contributed by atoms with Crippen molar-refractivity contribution in [3.8, 4) is 5.75 Å². The van der Waals surface area contributed by atoms with Crippen molar-refractivity contribution < 1.29 is 24.1 Å². The summed E-state index contributed by atoms with van der Waals surface area (Å²) in [6.07, 6.45) is -0.362. The third-order valence-electron chi connectivity index (χ3n) is 8.10. The van der Waals surface area contributed by atoms with Crippen LogP contribution in [0.25, 0.3) is 20.9 Å². The number of nitrogens with zero attached hydrogens (tertiary/aromatic N) is 8. The van der Waals surface area contributed by atoms with E-state index in [1.165, 1.54) is 0 Å². The summed E-state index contributed by atoms with van der Waals surface area (Å²) in [6, 6.07) is 21.6. The summed E-state index contributed by atoms with van der Waals surface area (Å²) in [7, 11) is 0. The van der Waals surface area contributed by atoms with Gasteiger partial charge in [-0.3, -0.25) is 9.69 Å². The first-order chi connectivity index (χ1) is 23.1. The molecular formula is C33H37N9O5. The van der Waals surface area contributed by atoms with Gasteiger partial charge in [0.05, 0.1) is 26.4 Å². The van der Waals surface area contributed by atoms with E-state index >= 15 is 0 Å². The average Bonchev–Trinajstić information content (AvgIpc) is 3.49. The van der Waals surface area contributed by atoms with Gasteiger partial charge >= 0.3 is 0 Å². The average molecular weight is 640 g/mol. The van der Waals surface area contributed by atoms with Gasteiger partial charge in [-0.15, -0.1) is 0 Å². The number of carbonyl (C=O) groups excluding carboxylic acids is 1. The molecule has 2 heterocycles. The number of carbonyl (C=O) groups is 1. The summed E-state index contributed by atoms with van der Waals surface area (Å²) < 4.78 is 17.8. The standard InChI is InChI=1S/C33H37N9O5/c34-40-37-23-26-7-2-1-6-25(26)22-33(32(44)36-14-15-42-16-20-45-21-17-42)30(28-8-3-4-9-29(28)39-41-35)47-31(38-33)24-10-12-27(13-11-24)46-19-5-18-43/h1-4,6-13,30,43H,5,14-23H2,(H,36,44)/t30-,33-/m0/s1. The predicted molar refractivity (Wildman–Crippen MR) is 175 cm³/mol. The number of benzene rings is 3. The molecule has 2 N–H and O–H groups in total. The van der Waals surface area contributed by atoms with Crippen molar-refractivity contribution in [3.63, 3.8) is 0 Å². The number of amides is 1. The number of morpholine rings is 1. The zero-order valence-electron chi connectivity index (χ0n) is 25.9. The van der Waals surface area contributed by atoms with Crippen molar-refractivity contribution in [3.05, 3.63) is 116 Å². The Morgan fingerprint density at radius 3 is 2.53 bits per heavy atom. The Hall–Kier alpha value is -5.10. The van der Waals surface area contributed by atoms with E-state index in [1.807, 2.05) is 24.3 Å². The predicted octanol–water partition coefficient (Wildman–Crippen LogP) is 5.15. The molecule has 1 fully saturated rings. The van der Waals surface area contributed by atoms with Crippen LogP contribution in [-0.2, 0) is 27.2 Å². The van der Waals surface area contributed by atoms with Crippen LogP contribution in [0.3, 0.4) is 0 Å². The van der Waals surface area contributed by atoms with Crippen molar-refractivity contribution in [1.82, 2.24) is 10.2 Å². The molecule has 1 amide bonds. The van der Waals surface area contributed by atoms with Crippen LogP contribution >= 0.6 is 0 Å². The first kappa shape index (κ1) is 33.3. The maximum atomic E-state index is 14.6. The molecule has 0 saturated carbocycles. The van der Waals surface area contributed by atoms with Crippen LogP contribution in [0, 0.1) is 0 Å². The quantitative estimate of drug-likeness (QED) is 0.100. The number of azide groups is 2. The summed E-state index contributed by atoms with van der Waals surface area (Å²) in [5.74, 6) is 0.498. The van der Waals surface area contributed by atoms with E-state index in [-0.39, 0.29) is 31.4 Å². The number of hydrogen-bond acceptors (Lipinski definition) is 9. The van der Waals surface area contributed by atoms with Crippen LogP contribution in [-0.4, -0.2) is 80.0 Å². The Balaban J connectivity index is 1.58. The molecule has 0 spiro atoms. The third-order valence-corrected chi connectivity index (χ3v) is 8.10. The Bertz CT molecular complexity index is 1650. The van der Waals surface area contributed by atoms with Gasteiger partial charge in [0.15, 0.2) is 11.6 Å². The first-order valence-electron chi connectivity index (χ1n) is 15.5. The number of ether oxygens (including phenoxy) is 3. The fraction of sp³-hybridized carbons (Fsp3) is 0.394. The van der Waals surface area contributed by atoms with Crippen LogP contribution in [0.1, 0.15) is 34.8 Å². The van der Waals surface area contributed by atoms with Crippen LogP contribution in [0.4, 0.5) is 5.69 Å². The highest BCUT2D eigenvalue weighted by Crippen LogP contribution is 2.45. The lowest BCUT2D eigenvalue weighted by molar-refractivity contribution is -0.129. The molecule has 0 aliphatic carbocycles. The molecule has 14 nitrogen and oxygen atoms in total. The third kappa shape index (κ3) is 8.20. The molecular weight excluding hydrogens is 602 g/mol.